The van der Waals surface area contributed by atoms with Crippen molar-refractivity contribution in [1.29, 1.82) is 0 Å². The molecule has 1 saturated heterocycles. The Hall–Kier alpha value is -1.18. The molecule has 0 radical (unpaired) electrons. The third-order valence-electron chi connectivity index (χ3n) is 4.81. The van der Waals surface area contributed by atoms with E-state index in [4.69, 9.17) is 4.74 Å². The van der Waals surface area contributed by atoms with Gasteiger partial charge in [-0.25, -0.2) is 0 Å². The first kappa shape index (κ1) is 17.9. The van der Waals surface area contributed by atoms with Crippen LogP contribution in [0.1, 0.15) is 54.9 Å². The van der Waals surface area contributed by atoms with E-state index in [1.807, 2.05) is 13.8 Å². The number of nitrogens with one attached hydrogen (secondary N) is 1. The van der Waals surface area contributed by atoms with Crippen LogP contribution in [0, 0.1) is 16.7 Å². The molecule has 0 aromatic heterocycles. The lowest BCUT2D eigenvalue weighted by Gasteiger charge is -2.28. The van der Waals surface area contributed by atoms with Gasteiger partial charge < -0.3 is 10.1 Å². The van der Waals surface area contributed by atoms with Gasteiger partial charge in [-0.2, -0.15) is 0 Å². The zero-order valence-corrected chi connectivity index (χ0v) is 14.9. The molecule has 0 spiro atoms. The van der Waals surface area contributed by atoms with Gasteiger partial charge in [0.25, 0.3) is 0 Å². The monoisotopic (exact) mass is 291 g/mol. The van der Waals surface area contributed by atoms with Crippen LogP contribution in [0.3, 0.4) is 0 Å². The number of allylic oxidation sites excluding steroid dienone is 4. The summed E-state index contributed by atoms with van der Waals surface area (Å²) in [6.45, 7) is 17.0. The van der Waals surface area contributed by atoms with E-state index < -0.39 is 0 Å². The van der Waals surface area contributed by atoms with Gasteiger partial charge in [0.2, 0.25) is 0 Å². The predicted molar refractivity (Wildman–Crippen MR) is 92.0 cm³/mol. The average molecular weight is 291 g/mol. The highest BCUT2D eigenvalue weighted by atomic mass is 16.5. The molecule has 2 heteroatoms. The van der Waals surface area contributed by atoms with Gasteiger partial charge >= 0.3 is 0 Å². The molecule has 1 heterocycles. The molecule has 2 rings (SSSR count). The quantitative estimate of drug-likeness (QED) is 0.769. The lowest BCUT2D eigenvalue weighted by molar-refractivity contribution is 0.117. The van der Waals surface area contributed by atoms with Crippen molar-refractivity contribution >= 4 is 0 Å². The Kier molecular flexibility index (Phi) is 6.12. The molecule has 0 aromatic carbocycles. The maximum Gasteiger partial charge on any atom is 0.139 e. The van der Waals surface area contributed by atoms with Crippen molar-refractivity contribution in [2.24, 2.45) is 16.7 Å². The van der Waals surface area contributed by atoms with Gasteiger partial charge in [-0.05, 0) is 24.5 Å². The van der Waals surface area contributed by atoms with Crippen molar-refractivity contribution in [1.82, 2.24) is 5.32 Å². The zero-order chi connectivity index (χ0) is 16.1. The van der Waals surface area contributed by atoms with E-state index in [0.717, 1.165) is 31.0 Å². The maximum absolute atomic E-state index is 6.13. The normalized spacial score (nSPS) is 31.4. The van der Waals surface area contributed by atoms with Crippen molar-refractivity contribution in [3.63, 3.8) is 0 Å². The summed E-state index contributed by atoms with van der Waals surface area (Å²) in [5, 5.41) is 3.56. The van der Waals surface area contributed by atoms with Crippen molar-refractivity contribution in [3.05, 3.63) is 35.8 Å². The summed E-state index contributed by atoms with van der Waals surface area (Å²) in [7, 11) is 0. The van der Waals surface area contributed by atoms with Gasteiger partial charge in [0.05, 0.1) is 12.3 Å². The first-order chi connectivity index (χ1) is 9.88. The molecule has 2 aliphatic rings. The summed E-state index contributed by atoms with van der Waals surface area (Å²) in [6.07, 6.45) is 9.97. The van der Waals surface area contributed by atoms with E-state index in [2.05, 4.69) is 64.2 Å². The number of fused-ring (bicyclic) bond motifs is 1. The Morgan fingerprint density at radius 3 is 2.52 bits per heavy atom. The van der Waals surface area contributed by atoms with Crippen LogP contribution in [0.15, 0.2) is 35.8 Å². The lowest BCUT2D eigenvalue weighted by atomic mass is 9.78. The summed E-state index contributed by atoms with van der Waals surface area (Å²) in [5.74, 6) is 1.56. The molecule has 2 atom stereocenters. The third-order valence-corrected chi connectivity index (χ3v) is 4.81. The van der Waals surface area contributed by atoms with Crippen LogP contribution in [0.25, 0.3) is 0 Å². The molecule has 0 amide bonds. The van der Waals surface area contributed by atoms with E-state index in [9.17, 15) is 0 Å². The van der Waals surface area contributed by atoms with Crippen LogP contribution in [0.5, 0.6) is 0 Å². The van der Waals surface area contributed by atoms with Gasteiger partial charge in [0, 0.05) is 17.4 Å². The van der Waals surface area contributed by atoms with E-state index in [1.54, 1.807) is 0 Å². The number of rotatable bonds is 2. The number of hydrogen-bond donors (Lipinski definition) is 1. The Morgan fingerprint density at radius 1 is 1.29 bits per heavy atom. The maximum atomic E-state index is 6.13. The first-order valence-electron chi connectivity index (χ1n) is 8.38. The molecular formula is C19H33NO. The van der Waals surface area contributed by atoms with Crippen LogP contribution >= 0.6 is 0 Å². The van der Waals surface area contributed by atoms with E-state index in [-0.39, 0.29) is 10.8 Å². The summed E-state index contributed by atoms with van der Waals surface area (Å²) in [4.78, 5) is 0. The first-order valence-corrected chi connectivity index (χ1v) is 8.38. The third kappa shape index (κ3) is 4.15. The van der Waals surface area contributed by atoms with Crippen LogP contribution in [0.4, 0.5) is 0 Å². The van der Waals surface area contributed by atoms with Crippen LogP contribution in [-0.4, -0.2) is 13.2 Å². The second kappa shape index (κ2) is 7.20. The van der Waals surface area contributed by atoms with Crippen molar-refractivity contribution in [3.8, 4) is 0 Å². The fourth-order valence-electron chi connectivity index (χ4n) is 2.31. The summed E-state index contributed by atoms with van der Waals surface area (Å²) in [6, 6.07) is 0. The molecule has 0 saturated carbocycles. The molecule has 0 aromatic rings. The largest absolute Gasteiger partial charge is 0.491 e. The smallest absolute Gasteiger partial charge is 0.139 e. The van der Waals surface area contributed by atoms with Gasteiger partial charge in [-0.1, -0.05) is 60.6 Å². The summed E-state index contributed by atoms with van der Waals surface area (Å²) >= 11 is 0. The van der Waals surface area contributed by atoms with Crippen molar-refractivity contribution in [2.45, 2.75) is 54.9 Å². The molecule has 120 valence electrons. The highest BCUT2D eigenvalue weighted by Gasteiger charge is 2.31. The Morgan fingerprint density at radius 2 is 1.95 bits per heavy atom. The average Bonchev–Trinajstić information content (AvgIpc) is 2.73. The second-order valence-electron chi connectivity index (χ2n) is 6.78. The fraction of sp³-hybridized carbons (Fsp3) is 0.684. The zero-order valence-electron chi connectivity index (χ0n) is 14.9. The van der Waals surface area contributed by atoms with Gasteiger partial charge in [0.1, 0.15) is 5.76 Å². The molecule has 0 bridgehead atoms. The topological polar surface area (TPSA) is 21.3 Å². The Labute approximate surface area is 131 Å². The van der Waals surface area contributed by atoms with E-state index in [0.29, 0.717) is 5.92 Å². The van der Waals surface area contributed by atoms with Gasteiger partial charge in [-0.3, -0.25) is 0 Å². The number of ether oxygens (including phenoxy) is 1. The molecule has 1 aliphatic heterocycles. The van der Waals surface area contributed by atoms with Gasteiger partial charge in [-0.15, -0.1) is 0 Å². The molecular weight excluding hydrogens is 258 g/mol. The van der Waals surface area contributed by atoms with Crippen LogP contribution < -0.4 is 5.32 Å². The van der Waals surface area contributed by atoms with E-state index in [1.165, 1.54) is 0 Å². The number of hydrogen-bond acceptors (Lipinski definition) is 2. The lowest BCUT2D eigenvalue weighted by Crippen LogP contribution is -2.31. The molecule has 21 heavy (non-hydrogen) atoms. The van der Waals surface area contributed by atoms with Crippen LogP contribution in [0.2, 0.25) is 0 Å². The molecule has 2 unspecified atom stereocenters. The SMILES string of the molecule is CC.CCC1(C)CNC2=CC=CC(C)(C(C)C)C=C2OC1. The Balaban J connectivity index is 0.00000106. The van der Waals surface area contributed by atoms with Crippen LogP contribution in [-0.2, 0) is 4.74 Å². The summed E-state index contributed by atoms with van der Waals surface area (Å²) < 4.78 is 6.13. The second-order valence-corrected chi connectivity index (χ2v) is 6.78. The van der Waals surface area contributed by atoms with Gasteiger partial charge in [0.15, 0.2) is 0 Å². The minimum Gasteiger partial charge on any atom is -0.491 e. The predicted octanol–water partition coefficient (Wildman–Crippen LogP) is 5.05. The fourth-order valence-corrected chi connectivity index (χ4v) is 2.31. The minimum atomic E-state index is 0.0578. The Bertz CT molecular complexity index is 433. The minimum absolute atomic E-state index is 0.0578. The molecule has 1 aliphatic carbocycles. The highest BCUT2D eigenvalue weighted by molar-refractivity contribution is 5.36. The molecule has 1 fully saturated rings. The van der Waals surface area contributed by atoms with Crippen molar-refractivity contribution in [2.75, 3.05) is 13.2 Å². The standard InChI is InChI=1S/C17H27NO.C2H6/c1-6-16(4)11-18-14-8-7-9-17(5,13(2)3)10-15(14)19-12-16;1-2/h7-10,13,18H,6,11-12H2,1-5H3;1-2H3. The molecule has 2 nitrogen and oxygen atoms in total. The van der Waals surface area contributed by atoms with Crippen molar-refractivity contribution < 1.29 is 4.74 Å². The highest BCUT2D eigenvalue weighted by Crippen LogP contribution is 2.36. The summed E-state index contributed by atoms with van der Waals surface area (Å²) in [5.41, 5.74) is 1.39. The molecule has 1 N–H and O–H groups in total. The van der Waals surface area contributed by atoms with E-state index >= 15 is 0 Å².